The van der Waals surface area contributed by atoms with Crippen molar-refractivity contribution < 1.29 is 4.39 Å². The fourth-order valence-corrected chi connectivity index (χ4v) is 1.52. The fourth-order valence-electron chi connectivity index (χ4n) is 1.41. The van der Waals surface area contributed by atoms with E-state index in [4.69, 9.17) is 17.3 Å². The molecule has 2 rings (SSSR count). The number of pyridine rings is 1. The van der Waals surface area contributed by atoms with Crippen molar-refractivity contribution in [3.63, 3.8) is 0 Å². The van der Waals surface area contributed by atoms with Crippen molar-refractivity contribution in [3.8, 4) is 0 Å². The molecule has 82 valence electrons. The summed E-state index contributed by atoms with van der Waals surface area (Å²) in [5, 5.41) is 0.565. The minimum Gasteiger partial charge on any atom is -0.319 e. The molecule has 16 heavy (non-hydrogen) atoms. The maximum absolute atomic E-state index is 12.7. The molecule has 0 bridgehead atoms. The van der Waals surface area contributed by atoms with Crippen LogP contribution in [0.2, 0.25) is 5.02 Å². The van der Waals surface area contributed by atoms with Crippen LogP contribution in [0.3, 0.4) is 0 Å². The van der Waals surface area contributed by atoms with Crippen LogP contribution < -0.4 is 5.73 Å². The van der Waals surface area contributed by atoms with Gasteiger partial charge in [0.05, 0.1) is 16.8 Å². The lowest BCUT2D eigenvalue weighted by atomic mass is 10.0. The molecule has 1 heterocycles. The summed E-state index contributed by atoms with van der Waals surface area (Å²) < 4.78 is 12.7. The minimum atomic E-state index is -0.363. The minimum absolute atomic E-state index is 0.278. The normalized spacial score (nSPS) is 12.4. The Hall–Kier alpha value is -1.45. The average molecular weight is 237 g/mol. The monoisotopic (exact) mass is 236 g/mol. The highest BCUT2D eigenvalue weighted by Crippen LogP contribution is 2.19. The van der Waals surface area contributed by atoms with E-state index >= 15 is 0 Å². The molecule has 0 spiro atoms. The van der Waals surface area contributed by atoms with Crippen molar-refractivity contribution in [1.29, 1.82) is 0 Å². The molecular weight excluding hydrogens is 227 g/mol. The largest absolute Gasteiger partial charge is 0.319 e. The van der Waals surface area contributed by atoms with Gasteiger partial charge in [-0.2, -0.15) is 0 Å². The van der Waals surface area contributed by atoms with Crippen molar-refractivity contribution in [2.75, 3.05) is 0 Å². The topological polar surface area (TPSA) is 38.9 Å². The summed E-state index contributed by atoms with van der Waals surface area (Å²) in [7, 11) is 0. The third-order valence-corrected chi connectivity index (χ3v) is 2.52. The van der Waals surface area contributed by atoms with E-state index in [2.05, 4.69) is 4.98 Å². The molecule has 2 aromatic rings. The lowest BCUT2D eigenvalue weighted by molar-refractivity contribution is 0.626. The summed E-state index contributed by atoms with van der Waals surface area (Å²) in [4.78, 5) is 4.13. The smallest absolute Gasteiger partial charge is 0.123 e. The molecule has 0 fully saturated rings. The molecular formula is C12H10ClFN2. The Kier molecular flexibility index (Phi) is 3.17. The number of nitrogens with two attached hydrogens (primary N) is 1. The number of aromatic nitrogens is 1. The van der Waals surface area contributed by atoms with Gasteiger partial charge < -0.3 is 5.73 Å². The van der Waals surface area contributed by atoms with E-state index in [-0.39, 0.29) is 11.9 Å². The summed E-state index contributed by atoms with van der Waals surface area (Å²) in [6.07, 6.45) is 1.54. The van der Waals surface area contributed by atoms with E-state index in [9.17, 15) is 4.39 Å². The highest BCUT2D eigenvalue weighted by Gasteiger charge is 2.09. The third kappa shape index (κ3) is 2.38. The van der Waals surface area contributed by atoms with Gasteiger partial charge >= 0.3 is 0 Å². The van der Waals surface area contributed by atoms with Crippen molar-refractivity contribution >= 4 is 11.6 Å². The number of rotatable bonds is 2. The highest BCUT2D eigenvalue weighted by molar-refractivity contribution is 6.30. The van der Waals surface area contributed by atoms with Gasteiger partial charge in [0.25, 0.3) is 0 Å². The van der Waals surface area contributed by atoms with Crippen LogP contribution in [0.1, 0.15) is 17.3 Å². The van der Waals surface area contributed by atoms with Crippen LogP contribution >= 0.6 is 11.6 Å². The molecule has 1 aromatic carbocycles. The molecule has 1 atom stereocenters. The summed E-state index contributed by atoms with van der Waals surface area (Å²) >= 11 is 5.73. The van der Waals surface area contributed by atoms with E-state index in [1.165, 1.54) is 12.1 Å². The summed E-state index contributed by atoms with van der Waals surface area (Å²) in [5.74, 6) is -0.278. The molecule has 0 aliphatic rings. The molecule has 2 nitrogen and oxygen atoms in total. The van der Waals surface area contributed by atoms with Crippen LogP contribution in [0.4, 0.5) is 4.39 Å². The molecule has 0 saturated carbocycles. The van der Waals surface area contributed by atoms with Crippen LogP contribution in [0, 0.1) is 5.82 Å². The Labute approximate surface area is 97.9 Å². The second kappa shape index (κ2) is 4.60. The molecule has 1 aromatic heterocycles. The fraction of sp³-hybridized carbons (Fsp3) is 0.0833. The van der Waals surface area contributed by atoms with E-state index < -0.39 is 0 Å². The molecule has 0 aliphatic carbocycles. The van der Waals surface area contributed by atoms with E-state index in [1.807, 2.05) is 0 Å². The van der Waals surface area contributed by atoms with Gasteiger partial charge in [0.2, 0.25) is 0 Å². The van der Waals surface area contributed by atoms with E-state index in [1.54, 1.807) is 30.5 Å². The van der Waals surface area contributed by atoms with Crippen molar-refractivity contribution in [2.24, 2.45) is 5.73 Å². The van der Waals surface area contributed by atoms with Gasteiger partial charge in [0, 0.05) is 6.20 Å². The van der Waals surface area contributed by atoms with Crippen LogP contribution in [0.25, 0.3) is 0 Å². The van der Waals surface area contributed by atoms with Crippen molar-refractivity contribution in [2.45, 2.75) is 6.04 Å². The second-order valence-electron chi connectivity index (χ2n) is 3.43. The zero-order valence-electron chi connectivity index (χ0n) is 8.40. The first-order valence-corrected chi connectivity index (χ1v) is 5.17. The molecule has 0 aliphatic heterocycles. The maximum Gasteiger partial charge on any atom is 0.123 e. The number of benzene rings is 1. The first-order valence-electron chi connectivity index (χ1n) is 4.79. The van der Waals surface area contributed by atoms with E-state index in [0.29, 0.717) is 10.7 Å². The van der Waals surface area contributed by atoms with Crippen molar-refractivity contribution in [1.82, 2.24) is 4.98 Å². The Balaban J connectivity index is 2.28. The first-order chi connectivity index (χ1) is 7.66. The number of hydrogen-bond donors (Lipinski definition) is 1. The Morgan fingerprint density at radius 3 is 2.38 bits per heavy atom. The lowest BCUT2D eigenvalue weighted by Gasteiger charge is -2.11. The number of nitrogens with zero attached hydrogens (tertiary/aromatic N) is 1. The SMILES string of the molecule is NC(c1ccc(F)cc1)c1ccc(Cl)cn1. The molecule has 0 saturated heterocycles. The van der Waals surface area contributed by atoms with Gasteiger partial charge in [0.15, 0.2) is 0 Å². The quantitative estimate of drug-likeness (QED) is 0.871. The predicted molar refractivity (Wildman–Crippen MR) is 61.7 cm³/mol. The highest BCUT2D eigenvalue weighted by atomic mass is 35.5. The molecule has 4 heteroatoms. The summed E-state index contributed by atoms with van der Waals surface area (Å²) in [6.45, 7) is 0. The Morgan fingerprint density at radius 2 is 1.81 bits per heavy atom. The van der Waals surface area contributed by atoms with Gasteiger partial charge in [-0.1, -0.05) is 23.7 Å². The Bertz CT molecular complexity index is 422. The molecule has 2 N–H and O–H groups in total. The average Bonchev–Trinajstić information content (AvgIpc) is 2.30. The van der Waals surface area contributed by atoms with Gasteiger partial charge in [-0.3, -0.25) is 4.98 Å². The number of hydrogen-bond acceptors (Lipinski definition) is 2. The van der Waals surface area contributed by atoms with Gasteiger partial charge in [-0.25, -0.2) is 4.39 Å². The van der Waals surface area contributed by atoms with Crippen LogP contribution in [0.15, 0.2) is 42.6 Å². The zero-order valence-corrected chi connectivity index (χ0v) is 9.16. The second-order valence-corrected chi connectivity index (χ2v) is 3.87. The zero-order chi connectivity index (χ0) is 11.5. The summed E-state index contributed by atoms with van der Waals surface area (Å²) in [5.41, 5.74) is 7.51. The predicted octanol–water partition coefficient (Wildman–Crippen LogP) is 2.92. The third-order valence-electron chi connectivity index (χ3n) is 2.30. The summed E-state index contributed by atoms with van der Waals surface area (Å²) in [6, 6.07) is 9.18. The molecule has 0 radical (unpaired) electrons. The van der Waals surface area contributed by atoms with Crippen LogP contribution in [-0.2, 0) is 0 Å². The van der Waals surface area contributed by atoms with Crippen molar-refractivity contribution in [3.05, 3.63) is 64.7 Å². The number of halogens is 2. The van der Waals surface area contributed by atoms with Gasteiger partial charge in [-0.15, -0.1) is 0 Å². The Morgan fingerprint density at radius 1 is 1.12 bits per heavy atom. The standard InChI is InChI=1S/C12H10ClFN2/c13-9-3-6-11(16-7-9)12(15)8-1-4-10(14)5-2-8/h1-7,12H,15H2. The van der Waals surface area contributed by atoms with Gasteiger partial charge in [0.1, 0.15) is 5.82 Å². The van der Waals surface area contributed by atoms with Crippen LogP contribution in [0.5, 0.6) is 0 Å². The molecule has 0 amide bonds. The molecule has 1 unspecified atom stereocenters. The lowest BCUT2D eigenvalue weighted by Crippen LogP contribution is -2.13. The van der Waals surface area contributed by atoms with Gasteiger partial charge in [-0.05, 0) is 29.8 Å². The van der Waals surface area contributed by atoms with Crippen LogP contribution in [-0.4, -0.2) is 4.98 Å². The maximum atomic E-state index is 12.7. The van der Waals surface area contributed by atoms with E-state index in [0.717, 1.165) is 5.56 Å². The first kappa shape index (κ1) is 11.0.